The number of aromatic nitrogens is 1. The van der Waals surface area contributed by atoms with Crippen molar-refractivity contribution in [3.8, 4) is 5.75 Å². The molecule has 6 nitrogen and oxygen atoms in total. The SMILES string of the molecule is C=CC=C.Cc1cc(/C=C/c2ccc(S(=O)(=O)Nc3ccccn3)cc2)c(N)cc1O. The van der Waals surface area contributed by atoms with Crippen molar-refractivity contribution < 1.29 is 13.5 Å². The molecular formula is C24H25N3O3S. The van der Waals surface area contributed by atoms with Crippen molar-refractivity contribution in [1.82, 2.24) is 4.98 Å². The number of allylic oxidation sites excluding steroid dienone is 2. The van der Waals surface area contributed by atoms with Crippen molar-refractivity contribution in [2.24, 2.45) is 0 Å². The zero-order valence-electron chi connectivity index (χ0n) is 17.2. The summed E-state index contributed by atoms with van der Waals surface area (Å²) in [6, 6.07) is 14.7. The van der Waals surface area contributed by atoms with E-state index in [1.165, 1.54) is 24.4 Å². The number of benzene rings is 2. The number of phenols is 1. The first-order valence-electron chi connectivity index (χ1n) is 9.31. The standard InChI is InChI=1S/C20H19N3O3S.C4H6/c1-14-12-16(18(21)13-19(14)24)8-5-15-6-9-17(10-7-15)27(25,26)23-20-4-2-3-11-22-20;1-3-4-2/h2-13,24H,21H2,1H3,(H,22,23);3-4H,1-2H2/b8-5+;. The lowest BCUT2D eigenvalue weighted by Crippen LogP contribution is -2.13. The molecule has 0 bridgehead atoms. The molecule has 0 unspecified atom stereocenters. The molecule has 31 heavy (non-hydrogen) atoms. The molecule has 1 heterocycles. The van der Waals surface area contributed by atoms with Gasteiger partial charge in [-0.25, -0.2) is 13.4 Å². The smallest absolute Gasteiger partial charge is 0.263 e. The van der Waals surface area contributed by atoms with E-state index in [1.54, 1.807) is 55.5 Å². The van der Waals surface area contributed by atoms with Gasteiger partial charge in [-0.3, -0.25) is 4.72 Å². The van der Waals surface area contributed by atoms with E-state index in [0.717, 1.165) is 16.7 Å². The Bertz CT molecular complexity index is 1160. The number of nitrogens with zero attached hydrogens (tertiary/aromatic N) is 1. The molecule has 2 aromatic carbocycles. The van der Waals surface area contributed by atoms with Crippen LogP contribution in [0.2, 0.25) is 0 Å². The van der Waals surface area contributed by atoms with Crippen LogP contribution < -0.4 is 10.5 Å². The maximum absolute atomic E-state index is 12.4. The van der Waals surface area contributed by atoms with Gasteiger partial charge in [0.2, 0.25) is 0 Å². The molecular weight excluding hydrogens is 410 g/mol. The number of phenolic OH excluding ortho intramolecular Hbond substituents is 1. The van der Waals surface area contributed by atoms with Gasteiger partial charge < -0.3 is 10.8 Å². The second-order valence-electron chi connectivity index (χ2n) is 6.46. The molecule has 160 valence electrons. The van der Waals surface area contributed by atoms with Crippen LogP contribution in [0.3, 0.4) is 0 Å². The first-order valence-corrected chi connectivity index (χ1v) is 10.8. The molecule has 7 heteroatoms. The molecule has 0 amide bonds. The van der Waals surface area contributed by atoms with Gasteiger partial charge in [0.05, 0.1) is 4.90 Å². The number of pyridine rings is 1. The van der Waals surface area contributed by atoms with E-state index in [9.17, 15) is 13.5 Å². The molecule has 4 N–H and O–H groups in total. The molecule has 0 atom stereocenters. The van der Waals surface area contributed by atoms with Crippen LogP contribution >= 0.6 is 0 Å². The average molecular weight is 436 g/mol. The van der Waals surface area contributed by atoms with Gasteiger partial charge in [-0.05, 0) is 53.9 Å². The maximum Gasteiger partial charge on any atom is 0.263 e. The Morgan fingerprint density at radius 1 is 1.03 bits per heavy atom. The molecule has 1 aromatic heterocycles. The minimum absolute atomic E-state index is 0.144. The third kappa shape index (κ3) is 6.87. The summed E-state index contributed by atoms with van der Waals surface area (Å²) in [6.45, 7) is 8.51. The number of hydrogen-bond donors (Lipinski definition) is 3. The highest BCUT2D eigenvalue weighted by Crippen LogP contribution is 2.25. The van der Waals surface area contributed by atoms with Crippen molar-refractivity contribution in [1.29, 1.82) is 0 Å². The van der Waals surface area contributed by atoms with Crippen molar-refractivity contribution in [2.45, 2.75) is 11.8 Å². The number of nitrogen functional groups attached to an aromatic ring is 1. The lowest BCUT2D eigenvalue weighted by Gasteiger charge is -2.07. The monoisotopic (exact) mass is 435 g/mol. The zero-order chi connectivity index (χ0) is 22.9. The lowest BCUT2D eigenvalue weighted by atomic mass is 10.1. The van der Waals surface area contributed by atoms with Crippen molar-refractivity contribution in [2.75, 3.05) is 10.5 Å². The predicted octanol–water partition coefficient (Wildman–Crippen LogP) is 5.01. The Morgan fingerprint density at radius 2 is 1.71 bits per heavy atom. The fourth-order valence-corrected chi connectivity index (χ4v) is 3.45. The zero-order valence-corrected chi connectivity index (χ0v) is 18.0. The van der Waals surface area contributed by atoms with Crippen LogP contribution in [0.4, 0.5) is 11.5 Å². The molecule has 0 saturated carbocycles. The molecule has 0 saturated heterocycles. The Balaban J connectivity index is 0.000000785. The summed E-state index contributed by atoms with van der Waals surface area (Å²) in [5, 5.41) is 9.65. The van der Waals surface area contributed by atoms with Crippen LogP contribution in [0.1, 0.15) is 16.7 Å². The number of anilines is 2. The van der Waals surface area contributed by atoms with Gasteiger partial charge in [-0.1, -0.05) is 55.7 Å². The van der Waals surface area contributed by atoms with Crippen LogP contribution in [0.5, 0.6) is 5.75 Å². The van der Waals surface area contributed by atoms with Crippen molar-refractivity contribution in [3.63, 3.8) is 0 Å². The number of nitrogens with one attached hydrogen (secondary N) is 1. The number of aryl methyl sites for hydroxylation is 1. The largest absolute Gasteiger partial charge is 0.508 e. The second kappa shape index (κ2) is 10.8. The molecule has 0 aliphatic rings. The summed E-state index contributed by atoms with van der Waals surface area (Å²) in [4.78, 5) is 4.10. The average Bonchev–Trinajstić information content (AvgIpc) is 2.76. The topological polar surface area (TPSA) is 105 Å². The highest BCUT2D eigenvalue weighted by Gasteiger charge is 2.14. The quantitative estimate of drug-likeness (QED) is 0.287. The van der Waals surface area contributed by atoms with Gasteiger partial charge in [0, 0.05) is 18.0 Å². The highest BCUT2D eigenvalue weighted by atomic mass is 32.2. The summed E-state index contributed by atoms with van der Waals surface area (Å²) < 4.78 is 27.2. The summed E-state index contributed by atoms with van der Waals surface area (Å²) in [5.41, 5.74) is 8.69. The van der Waals surface area contributed by atoms with E-state index in [2.05, 4.69) is 22.9 Å². The number of nitrogens with two attached hydrogens (primary N) is 1. The third-order valence-corrected chi connectivity index (χ3v) is 5.49. The van der Waals surface area contributed by atoms with Gasteiger partial charge in [0.15, 0.2) is 0 Å². The first kappa shape index (κ1) is 23.4. The first-order chi connectivity index (χ1) is 14.8. The number of hydrogen-bond acceptors (Lipinski definition) is 5. The maximum atomic E-state index is 12.4. The third-order valence-electron chi connectivity index (χ3n) is 4.12. The van der Waals surface area contributed by atoms with Gasteiger partial charge >= 0.3 is 0 Å². The Kier molecular flexibility index (Phi) is 8.16. The molecule has 3 rings (SSSR count). The fraction of sp³-hybridized carbons (Fsp3) is 0.0417. The van der Waals surface area contributed by atoms with Crippen LogP contribution in [-0.2, 0) is 10.0 Å². The van der Waals surface area contributed by atoms with E-state index in [4.69, 9.17) is 5.73 Å². The summed E-state index contributed by atoms with van der Waals surface area (Å²) in [5.74, 6) is 0.416. The Hall–Kier alpha value is -3.84. The van der Waals surface area contributed by atoms with Gasteiger partial charge in [0.25, 0.3) is 10.0 Å². The van der Waals surface area contributed by atoms with Crippen LogP contribution in [0.15, 0.2) is 91.0 Å². The molecule has 0 aliphatic heterocycles. The van der Waals surface area contributed by atoms with E-state index < -0.39 is 10.0 Å². The molecule has 0 spiro atoms. The molecule has 0 radical (unpaired) electrons. The molecule has 0 aliphatic carbocycles. The van der Waals surface area contributed by atoms with Crippen molar-refractivity contribution in [3.05, 3.63) is 103 Å². The minimum atomic E-state index is -3.70. The second-order valence-corrected chi connectivity index (χ2v) is 8.14. The van der Waals surface area contributed by atoms with Crippen molar-refractivity contribution >= 4 is 33.7 Å². The lowest BCUT2D eigenvalue weighted by molar-refractivity contribution is 0.471. The van der Waals surface area contributed by atoms with E-state index >= 15 is 0 Å². The number of rotatable bonds is 6. The summed E-state index contributed by atoms with van der Waals surface area (Å²) in [6.07, 6.45) is 8.44. The normalized spacial score (nSPS) is 10.7. The van der Waals surface area contributed by atoms with Crippen LogP contribution in [0.25, 0.3) is 12.2 Å². The molecule has 3 aromatic rings. The number of aromatic hydroxyl groups is 1. The minimum Gasteiger partial charge on any atom is -0.508 e. The van der Waals surface area contributed by atoms with E-state index in [0.29, 0.717) is 5.69 Å². The Labute approximate surface area is 183 Å². The van der Waals surface area contributed by atoms with Crippen LogP contribution in [0, 0.1) is 6.92 Å². The number of sulfonamides is 1. The Morgan fingerprint density at radius 3 is 2.29 bits per heavy atom. The van der Waals surface area contributed by atoms with E-state index in [-0.39, 0.29) is 16.5 Å². The fourth-order valence-electron chi connectivity index (χ4n) is 2.44. The summed E-state index contributed by atoms with van der Waals surface area (Å²) in [7, 11) is -3.70. The molecule has 0 fully saturated rings. The van der Waals surface area contributed by atoms with Crippen LogP contribution in [-0.4, -0.2) is 18.5 Å². The van der Waals surface area contributed by atoms with Gasteiger partial charge in [-0.15, -0.1) is 0 Å². The predicted molar refractivity (Wildman–Crippen MR) is 128 cm³/mol. The van der Waals surface area contributed by atoms with E-state index in [1.807, 2.05) is 12.2 Å². The van der Waals surface area contributed by atoms with Gasteiger partial charge in [-0.2, -0.15) is 0 Å². The van der Waals surface area contributed by atoms with Gasteiger partial charge in [0.1, 0.15) is 11.6 Å². The highest BCUT2D eigenvalue weighted by molar-refractivity contribution is 7.92. The summed E-state index contributed by atoms with van der Waals surface area (Å²) >= 11 is 0.